The van der Waals surface area contributed by atoms with E-state index in [1.54, 1.807) is 0 Å². The van der Waals surface area contributed by atoms with Crippen LogP contribution in [0.4, 0.5) is 4.79 Å². The van der Waals surface area contributed by atoms with Crippen molar-refractivity contribution >= 4 is 12.4 Å². The first-order chi connectivity index (χ1) is 8.19. The fourth-order valence-corrected chi connectivity index (χ4v) is 1.49. The lowest BCUT2D eigenvalue weighted by Crippen LogP contribution is -2.42. The average molecular weight is 243 g/mol. The Bertz CT molecular complexity index is 218. The van der Waals surface area contributed by atoms with Crippen LogP contribution in [-0.2, 0) is 4.79 Å². The Morgan fingerprint density at radius 1 is 1.18 bits per heavy atom. The number of nitrogens with one attached hydrogen (secondary N) is 1. The van der Waals surface area contributed by atoms with Crippen LogP contribution in [0.1, 0.15) is 33.6 Å². The molecule has 100 valence electrons. The number of nitrogens with zero attached hydrogens (tertiary/aromatic N) is 2. The van der Waals surface area contributed by atoms with E-state index in [4.69, 9.17) is 0 Å². The van der Waals surface area contributed by atoms with Crippen LogP contribution in [0.3, 0.4) is 0 Å². The van der Waals surface area contributed by atoms with Crippen LogP contribution in [0.15, 0.2) is 0 Å². The molecule has 17 heavy (non-hydrogen) atoms. The Morgan fingerprint density at radius 3 is 2.29 bits per heavy atom. The summed E-state index contributed by atoms with van der Waals surface area (Å²) in [5.74, 6) is 0. The predicted octanol–water partition coefficient (Wildman–Crippen LogP) is 1.30. The quantitative estimate of drug-likeness (QED) is 0.621. The Labute approximate surface area is 104 Å². The van der Waals surface area contributed by atoms with Crippen molar-refractivity contribution in [3.63, 3.8) is 0 Å². The maximum atomic E-state index is 11.6. The molecule has 0 aliphatic heterocycles. The molecular formula is C12H25N3O2. The zero-order chi connectivity index (χ0) is 13.1. The van der Waals surface area contributed by atoms with Crippen LogP contribution in [0.2, 0.25) is 0 Å². The van der Waals surface area contributed by atoms with Crippen molar-refractivity contribution in [3.8, 4) is 0 Å². The van der Waals surface area contributed by atoms with E-state index in [0.29, 0.717) is 19.5 Å². The van der Waals surface area contributed by atoms with Gasteiger partial charge in [-0.1, -0.05) is 27.2 Å². The Kier molecular flexibility index (Phi) is 9.43. The normalized spacial score (nSPS) is 10.4. The minimum absolute atomic E-state index is 0.291. The molecule has 5 nitrogen and oxygen atoms in total. The highest BCUT2D eigenvalue weighted by molar-refractivity contribution is 5.84. The van der Waals surface area contributed by atoms with Gasteiger partial charge in [-0.05, 0) is 19.5 Å². The van der Waals surface area contributed by atoms with Gasteiger partial charge in [0.15, 0.2) is 0 Å². The van der Waals surface area contributed by atoms with Crippen LogP contribution in [-0.4, -0.2) is 55.0 Å². The summed E-state index contributed by atoms with van der Waals surface area (Å²) in [6, 6.07) is -0.291. The number of imide groups is 1. The van der Waals surface area contributed by atoms with E-state index in [0.717, 1.165) is 32.5 Å². The lowest BCUT2D eigenvalue weighted by atomic mass is 10.3. The molecule has 0 aromatic carbocycles. The van der Waals surface area contributed by atoms with Crippen LogP contribution in [0, 0.1) is 0 Å². The van der Waals surface area contributed by atoms with Gasteiger partial charge in [0.1, 0.15) is 0 Å². The second-order valence-corrected chi connectivity index (χ2v) is 3.91. The number of carbonyl (C=O) groups is 2. The molecule has 0 spiro atoms. The molecule has 0 unspecified atom stereocenters. The third kappa shape index (κ3) is 6.94. The molecule has 0 fully saturated rings. The summed E-state index contributed by atoms with van der Waals surface area (Å²) in [6.07, 6.45) is 2.42. The van der Waals surface area contributed by atoms with Gasteiger partial charge in [-0.15, -0.1) is 0 Å². The van der Waals surface area contributed by atoms with Crippen molar-refractivity contribution in [1.29, 1.82) is 0 Å². The molecule has 0 heterocycles. The lowest BCUT2D eigenvalue weighted by Gasteiger charge is -2.20. The lowest BCUT2D eigenvalue weighted by molar-refractivity contribution is -0.115. The molecule has 0 saturated carbocycles. The average Bonchev–Trinajstić information content (AvgIpc) is 2.35. The molecule has 3 amide bonds. The SMILES string of the molecule is CCCCN(C=O)C(=O)NCCN(CC)CC. The van der Waals surface area contributed by atoms with Gasteiger partial charge in [0, 0.05) is 19.6 Å². The van der Waals surface area contributed by atoms with Crippen LogP contribution >= 0.6 is 0 Å². The van der Waals surface area contributed by atoms with Crippen molar-refractivity contribution in [2.45, 2.75) is 33.6 Å². The van der Waals surface area contributed by atoms with Gasteiger partial charge in [0.05, 0.1) is 0 Å². The fraction of sp³-hybridized carbons (Fsp3) is 0.833. The third-order valence-electron chi connectivity index (χ3n) is 2.74. The van der Waals surface area contributed by atoms with E-state index in [1.165, 1.54) is 4.90 Å². The number of likely N-dealkylation sites (N-methyl/N-ethyl adjacent to an activating group) is 1. The largest absolute Gasteiger partial charge is 0.336 e. The van der Waals surface area contributed by atoms with E-state index in [9.17, 15) is 9.59 Å². The molecule has 0 aromatic heterocycles. The van der Waals surface area contributed by atoms with E-state index in [1.807, 2.05) is 6.92 Å². The van der Waals surface area contributed by atoms with Gasteiger partial charge in [-0.2, -0.15) is 0 Å². The second kappa shape index (κ2) is 10.1. The smallest absolute Gasteiger partial charge is 0.323 e. The molecule has 0 radical (unpaired) electrons. The summed E-state index contributed by atoms with van der Waals surface area (Å²) in [7, 11) is 0. The van der Waals surface area contributed by atoms with Crippen molar-refractivity contribution in [2.24, 2.45) is 0 Å². The molecule has 0 saturated heterocycles. The van der Waals surface area contributed by atoms with Crippen LogP contribution in [0.5, 0.6) is 0 Å². The molecule has 0 aliphatic rings. The highest BCUT2D eigenvalue weighted by Crippen LogP contribution is 1.93. The number of urea groups is 1. The summed E-state index contributed by atoms with van der Waals surface area (Å²) in [5, 5.41) is 2.76. The molecule has 0 bridgehead atoms. The zero-order valence-electron chi connectivity index (χ0n) is 11.2. The molecule has 0 aromatic rings. The third-order valence-corrected chi connectivity index (χ3v) is 2.74. The number of hydrogen-bond donors (Lipinski definition) is 1. The number of hydrogen-bond acceptors (Lipinski definition) is 3. The fourth-order valence-electron chi connectivity index (χ4n) is 1.49. The Morgan fingerprint density at radius 2 is 1.82 bits per heavy atom. The van der Waals surface area contributed by atoms with E-state index in [-0.39, 0.29) is 6.03 Å². The molecule has 0 rings (SSSR count). The van der Waals surface area contributed by atoms with Gasteiger partial charge in [0.2, 0.25) is 6.41 Å². The first-order valence-electron chi connectivity index (χ1n) is 6.41. The number of rotatable bonds is 9. The van der Waals surface area contributed by atoms with Crippen molar-refractivity contribution in [2.75, 3.05) is 32.7 Å². The number of carbonyl (C=O) groups excluding carboxylic acids is 2. The first-order valence-corrected chi connectivity index (χ1v) is 6.41. The predicted molar refractivity (Wildman–Crippen MR) is 68.9 cm³/mol. The number of unbranched alkanes of at least 4 members (excludes halogenated alkanes) is 1. The van der Waals surface area contributed by atoms with Crippen molar-refractivity contribution in [3.05, 3.63) is 0 Å². The molecular weight excluding hydrogens is 218 g/mol. The highest BCUT2D eigenvalue weighted by atomic mass is 16.2. The summed E-state index contributed by atoms with van der Waals surface area (Å²) < 4.78 is 0. The van der Waals surface area contributed by atoms with Crippen LogP contribution in [0.25, 0.3) is 0 Å². The maximum absolute atomic E-state index is 11.6. The Hall–Kier alpha value is -1.10. The Balaban J connectivity index is 3.85. The van der Waals surface area contributed by atoms with Gasteiger partial charge in [-0.25, -0.2) is 4.79 Å². The minimum Gasteiger partial charge on any atom is -0.336 e. The van der Waals surface area contributed by atoms with Gasteiger partial charge >= 0.3 is 6.03 Å². The topological polar surface area (TPSA) is 52.7 Å². The van der Waals surface area contributed by atoms with E-state index in [2.05, 4.69) is 24.1 Å². The summed E-state index contributed by atoms with van der Waals surface area (Å²) >= 11 is 0. The van der Waals surface area contributed by atoms with E-state index < -0.39 is 0 Å². The van der Waals surface area contributed by atoms with Gasteiger partial charge in [-0.3, -0.25) is 9.69 Å². The van der Waals surface area contributed by atoms with E-state index >= 15 is 0 Å². The molecule has 1 N–H and O–H groups in total. The molecule has 0 atom stereocenters. The zero-order valence-corrected chi connectivity index (χ0v) is 11.2. The maximum Gasteiger partial charge on any atom is 0.323 e. The van der Waals surface area contributed by atoms with Gasteiger partial charge < -0.3 is 10.2 Å². The van der Waals surface area contributed by atoms with Gasteiger partial charge in [0.25, 0.3) is 0 Å². The molecule has 0 aliphatic carbocycles. The summed E-state index contributed by atoms with van der Waals surface area (Å²) in [6.45, 7) is 10.0. The first kappa shape index (κ1) is 15.9. The van der Waals surface area contributed by atoms with Crippen molar-refractivity contribution < 1.29 is 9.59 Å². The highest BCUT2D eigenvalue weighted by Gasteiger charge is 2.10. The monoisotopic (exact) mass is 243 g/mol. The van der Waals surface area contributed by atoms with Crippen LogP contribution < -0.4 is 5.32 Å². The summed E-state index contributed by atoms with van der Waals surface area (Å²) in [4.78, 5) is 25.7. The standard InChI is InChI=1S/C12H25N3O2/c1-4-7-9-15(11-16)12(17)13-8-10-14(5-2)6-3/h11H,4-10H2,1-3H3,(H,13,17). The van der Waals surface area contributed by atoms with Crippen molar-refractivity contribution in [1.82, 2.24) is 15.1 Å². The number of amides is 3. The summed E-state index contributed by atoms with van der Waals surface area (Å²) in [5.41, 5.74) is 0. The minimum atomic E-state index is -0.291. The second-order valence-electron chi connectivity index (χ2n) is 3.91. The molecule has 5 heteroatoms.